The molecule has 1 aliphatic rings. The average molecular weight is 378 g/mol. The van der Waals surface area contributed by atoms with Gasteiger partial charge in [0.05, 0.1) is 34.1 Å². The zero-order chi connectivity index (χ0) is 13.3. The van der Waals surface area contributed by atoms with E-state index in [1.807, 2.05) is 6.92 Å². The molecule has 2 N–H and O–H groups in total. The molecule has 0 saturated carbocycles. The zero-order valence-electron chi connectivity index (χ0n) is 9.47. The van der Waals surface area contributed by atoms with Crippen molar-refractivity contribution in [2.75, 3.05) is 13.2 Å². The molecule has 1 amide bonds. The predicted molar refractivity (Wildman–Crippen MR) is 73.1 cm³/mol. The van der Waals surface area contributed by atoms with Crippen molar-refractivity contribution in [1.82, 2.24) is 10.3 Å². The number of nitrogens with one attached hydrogen (secondary N) is 2. The summed E-state index contributed by atoms with van der Waals surface area (Å²) in [6, 6.07) is 0. The molecule has 7 heteroatoms. The number of ether oxygens (including phenoxy) is 1. The number of rotatable bonds is 2. The van der Waals surface area contributed by atoms with Gasteiger partial charge in [-0.25, -0.2) is 0 Å². The highest BCUT2D eigenvalue weighted by molar-refractivity contribution is 9.13. The van der Waals surface area contributed by atoms with Gasteiger partial charge in [0.1, 0.15) is 5.69 Å². The summed E-state index contributed by atoms with van der Waals surface area (Å²) in [5.74, 6) is -0.507. The molecule has 0 aromatic carbocycles. The van der Waals surface area contributed by atoms with E-state index >= 15 is 0 Å². The molecule has 1 aromatic heterocycles. The first-order valence-corrected chi connectivity index (χ1v) is 6.85. The fraction of sp³-hybridized carbons (Fsp3) is 0.273. The zero-order valence-corrected chi connectivity index (χ0v) is 12.6. The van der Waals surface area contributed by atoms with Gasteiger partial charge in [-0.1, -0.05) is 0 Å². The van der Waals surface area contributed by atoms with Crippen LogP contribution in [0.3, 0.4) is 0 Å². The van der Waals surface area contributed by atoms with Crippen molar-refractivity contribution >= 4 is 49.1 Å². The molecule has 0 unspecified atom stereocenters. The number of hydrogen-bond acceptors (Lipinski definition) is 3. The summed E-state index contributed by atoms with van der Waals surface area (Å²) >= 11 is 6.63. The monoisotopic (exact) mass is 376 g/mol. The van der Waals surface area contributed by atoms with E-state index in [4.69, 9.17) is 4.74 Å². The number of aromatic nitrogens is 1. The van der Waals surface area contributed by atoms with Gasteiger partial charge in [0.25, 0.3) is 5.91 Å². The number of halogens is 2. The van der Waals surface area contributed by atoms with Crippen LogP contribution in [-0.4, -0.2) is 29.8 Å². The number of amides is 1. The highest BCUT2D eigenvalue weighted by atomic mass is 79.9. The van der Waals surface area contributed by atoms with Crippen LogP contribution in [0.4, 0.5) is 0 Å². The first-order valence-electron chi connectivity index (χ1n) is 5.26. The Bertz CT molecular complexity index is 549. The summed E-state index contributed by atoms with van der Waals surface area (Å²) in [7, 11) is 0. The van der Waals surface area contributed by atoms with Crippen LogP contribution in [0, 0.1) is 0 Å². The lowest BCUT2D eigenvalue weighted by Crippen LogP contribution is -2.27. The Kier molecular flexibility index (Phi) is 3.91. The molecule has 0 spiro atoms. The van der Waals surface area contributed by atoms with Gasteiger partial charge >= 0.3 is 0 Å². The number of carbonyl (C=O) groups is 2. The fourth-order valence-electron chi connectivity index (χ4n) is 1.64. The van der Waals surface area contributed by atoms with Gasteiger partial charge in [0.2, 0.25) is 0 Å². The van der Waals surface area contributed by atoms with Crippen molar-refractivity contribution in [3.63, 3.8) is 0 Å². The van der Waals surface area contributed by atoms with Crippen molar-refractivity contribution in [2.24, 2.45) is 0 Å². The van der Waals surface area contributed by atoms with E-state index in [0.29, 0.717) is 32.5 Å². The lowest BCUT2D eigenvalue weighted by atomic mass is 10.0. The van der Waals surface area contributed by atoms with Crippen LogP contribution >= 0.6 is 31.9 Å². The minimum atomic E-state index is -0.315. The first-order chi connectivity index (χ1) is 8.56. The molecule has 0 fully saturated rings. The molecule has 0 aliphatic carbocycles. The number of carbonyl (C=O) groups excluding carboxylic acids is 2. The summed E-state index contributed by atoms with van der Waals surface area (Å²) < 4.78 is 6.43. The Morgan fingerprint density at radius 1 is 1.39 bits per heavy atom. The van der Waals surface area contributed by atoms with Crippen molar-refractivity contribution < 1.29 is 14.3 Å². The molecule has 0 atom stereocenters. The van der Waals surface area contributed by atoms with Crippen LogP contribution in [0.5, 0.6) is 0 Å². The first kappa shape index (κ1) is 13.4. The number of fused-ring (bicyclic) bond motifs is 1. The summed E-state index contributed by atoms with van der Waals surface area (Å²) in [6.45, 7) is 2.24. The number of aromatic amines is 1. The van der Waals surface area contributed by atoms with Gasteiger partial charge in [-0.05, 0) is 38.8 Å². The number of Topliss-reactive ketones (excluding diaryl/α,β-unsaturated/α-hetero) is 1. The van der Waals surface area contributed by atoms with Crippen LogP contribution in [-0.2, 0) is 9.53 Å². The second kappa shape index (κ2) is 5.27. The maximum atomic E-state index is 12.0. The third-order valence-corrected chi connectivity index (χ3v) is 4.39. The fourth-order valence-corrected chi connectivity index (χ4v) is 2.55. The molecule has 5 nitrogen and oxygen atoms in total. The Morgan fingerprint density at radius 2 is 2.11 bits per heavy atom. The number of H-pyrrole nitrogens is 1. The van der Waals surface area contributed by atoms with Gasteiger partial charge in [-0.3, -0.25) is 9.59 Å². The van der Waals surface area contributed by atoms with Crippen LogP contribution < -0.4 is 5.32 Å². The van der Waals surface area contributed by atoms with E-state index in [9.17, 15) is 9.59 Å². The summed E-state index contributed by atoms with van der Waals surface area (Å²) in [4.78, 5) is 26.7. The van der Waals surface area contributed by atoms with Crippen molar-refractivity contribution in [1.29, 1.82) is 0 Å². The minimum absolute atomic E-state index is 0.0374. The largest absolute Gasteiger partial charge is 0.501 e. The molecule has 1 aliphatic heterocycles. The molecule has 0 bridgehead atoms. The molecular weight excluding hydrogens is 368 g/mol. The molecule has 0 saturated heterocycles. The number of ketones is 1. The van der Waals surface area contributed by atoms with E-state index in [-0.39, 0.29) is 18.2 Å². The van der Waals surface area contributed by atoms with E-state index in [2.05, 4.69) is 42.2 Å². The van der Waals surface area contributed by atoms with Crippen LogP contribution in [0.15, 0.2) is 15.3 Å². The second-order valence-corrected chi connectivity index (χ2v) is 5.18. The lowest BCUT2D eigenvalue weighted by Gasteiger charge is -2.03. The molecule has 0 radical (unpaired) electrons. The highest BCUT2D eigenvalue weighted by Crippen LogP contribution is 2.35. The van der Waals surface area contributed by atoms with E-state index in [1.165, 1.54) is 6.26 Å². The molecular formula is C11H10Br2N2O3. The molecule has 96 valence electrons. The maximum absolute atomic E-state index is 12.0. The standard InChI is InChI=1S/C11H10Br2N2O3/c1-2-18-4-5-6(16)3-14-11(17)9-7(5)8(12)10(13)15-9/h4,15H,2-3H2,1H3,(H,14,17)/b5-4-. The topological polar surface area (TPSA) is 71.2 Å². The molecule has 2 rings (SSSR count). The molecule has 18 heavy (non-hydrogen) atoms. The normalized spacial score (nSPS) is 17.4. The highest BCUT2D eigenvalue weighted by Gasteiger charge is 2.29. The van der Waals surface area contributed by atoms with Crippen LogP contribution in [0.25, 0.3) is 5.57 Å². The van der Waals surface area contributed by atoms with Gasteiger partial charge in [-0.15, -0.1) is 0 Å². The molecule has 2 heterocycles. The van der Waals surface area contributed by atoms with Gasteiger partial charge in [0.15, 0.2) is 5.78 Å². The minimum Gasteiger partial charge on any atom is -0.501 e. The Morgan fingerprint density at radius 3 is 2.78 bits per heavy atom. The van der Waals surface area contributed by atoms with Crippen molar-refractivity contribution in [3.05, 3.63) is 26.6 Å². The predicted octanol–water partition coefficient (Wildman–Crippen LogP) is 2.23. The molecule has 1 aromatic rings. The quantitative estimate of drug-likeness (QED) is 0.613. The summed E-state index contributed by atoms with van der Waals surface area (Å²) in [5, 5.41) is 2.54. The smallest absolute Gasteiger partial charge is 0.268 e. The van der Waals surface area contributed by atoms with E-state index in [0.717, 1.165) is 0 Å². The Balaban J connectivity index is 2.62. The van der Waals surface area contributed by atoms with Gasteiger partial charge in [0, 0.05) is 5.56 Å². The Labute approximate surface area is 120 Å². The van der Waals surface area contributed by atoms with Gasteiger partial charge < -0.3 is 15.0 Å². The van der Waals surface area contributed by atoms with Crippen molar-refractivity contribution in [2.45, 2.75) is 6.92 Å². The van der Waals surface area contributed by atoms with Crippen LogP contribution in [0.2, 0.25) is 0 Å². The van der Waals surface area contributed by atoms with E-state index in [1.54, 1.807) is 0 Å². The lowest BCUT2D eigenvalue weighted by molar-refractivity contribution is -0.112. The van der Waals surface area contributed by atoms with Crippen molar-refractivity contribution in [3.8, 4) is 0 Å². The maximum Gasteiger partial charge on any atom is 0.268 e. The van der Waals surface area contributed by atoms with Gasteiger partial charge in [-0.2, -0.15) is 0 Å². The second-order valence-electron chi connectivity index (χ2n) is 3.60. The summed E-state index contributed by atoms with van der Waals surface area (Å²) in [6.07, 6.45) is 1.40. The average Bonchev–Trinajstić information content (AvgIpc) is 2.58. The third kappa shape index (κ3) is 2.24. The van der Waals surface area contributed by atoms with Crippen LogP contribution in [0.1, 0.15) is 23.0 Å². The number of hydrogen-bond donors (Lipinski definition) is 2. The van der Waals surface area contributed by atoms with E-state index < -0.39 is 0 Å². The summed E-state index contributed by atoms with van der Waals surface area (Å²) in [5.41, 5.74) is 1.24. The SMILES string of the molecule is CCO/C=C1/C(=O)CNC(=O)c2[nH]c(Br)c(Br)c21. The third-order valence-electron chi connectivity index (χ3n) is 2.47. The Hall–Kier alpha value is -1.08.